The van der Waals surface area contributed by atoms with Crippen LogP contribution in [0.25, 0.3) is 0 Å². The number of hydrogen-bond donors (Lipinski definition) is 2. The average molecular weight is 524 g/mol. The molecular weight excluding hydrogens is 491 g/mol. The molecule has 1 aliphatic rings. The van der Waals surface area contributed by atoms with E-state index in [4.69, 9.17) is 14.0 Å². The molecule has 0 spiro atoms. The van der Waals surface area contributed by atoms with E-state index in [1.807, 2.05) is 44.2 Å². The van der Waals surface area contributed by atoms with Crippen molar-refractivity contribution in [2.75, 3.05) is 7.11 Å². The molecule has 2 aromatic rings. The van der Waals surface area contributed by atoms with Crippen LogP contribution in [0.4, 0.5) is 0 Å². The largest absolute Gasteiger partial charge is 0.551 e. The second-order valence-corrected chi connectivity index (χ2v) is 9.45. The predicted molar refractivity (Wildman–Crippen MR) is 137 cm³/mol. The van der Waals surface area contributed by atoms with Crippen LogP contribution in [-0.4, -0.2) is 66.0 Å². The van der Waals surface area contributed by atoms with Crippen molar-refractivity contribution in [2.24, 2.45) is 11.8 Å². The van der Waals surface area contributed by atoms with Crippen LogP contribution < -0.4 is 10.6 Å². The summed E-state index contributed by atoms with van der Waals surface area (Å²) >= 11 is 0. The van der Waals surface area contributed by atoms with Crippen LogP contribution in [0, 0.1) is 11.8 Å². The van der Waals surface area contributed by atoms with Gasteiger partial charge < -0.3 is 24.7 Å². The normalized spacial score (nSPS) is 18.8. The minimum Gasteiger partial charge on any atom is -0.508 e. The van der Waals surface area contributed by atoms with Crippen molar-refractivity contribution in [3.05, 3.63) is 60.2 Å². The summed E-state index contributed by atoms with van der Waals surface area (Å²) in [7, 11) is 0.00291. The second kappa shape index (κ2) is 13.7. The van der Waals surface area contributed by atoms with E-state index in [1.54, 1.807) is 6.92 Å². The third-order valence-corrected chi connectivity index (χ3v) is 6.14. The summed E-state index contributed by atoms with van der Waals surface area (Å²) in [4.78, 5) is 59.4. The molecule has 0 saturated carbocycles. The Bertz CT molecular complexity index is 1100. The van der Waals surface area contributed by atoms with Crippen molar-refractivity contribution in [3.63, 3.8) is 0 Å². The van der Waals surface area contributed by atoms with Crippen LogP contribution in [0.2, 0.25) is 0 Å². The molecule has 0 bridgehead atoms. The number of esters is 1. The highest BCUT2D eigenvalue weighted by molar-refractivity contribution is 6.50. The lowest BCUT2D eigenvalue weighted by Gasteiger charge is -2.35. The summed E-state index contributed by atoms with van der Waals surface area (Å²) in [6.07, 6.45) is 3.87. The molecule has 0 radical (unpaired) electrons. The minimum absolute atomic E-state index is 0.0631. The van der Waals surface area contributed by atoms with Gasteiger partial charge >= 0.3 is 13.1 Å². The molecule has 2 heterocycles. The van der Waals surface area contributed by atoms with Gasteiger partial charge in [-0.05, 0) is 24.3 Å². The van der Waals surface area contributed by atoms with Crippen LogP contribution in [0.5, 0.6) is 0 Å². The van der Waals surface area contributed by atoms with Crippen molar-refractivity contribution in [1.29, 1.82) is 0 Å². The molecule has 2 amide bonds. The van der Waals surface area contributed by atoms with Crippen LogP contribution in [0.1, 0.15) is 49.7 Å². The first-order valence-electron chi connectivity index (χ1n) is 12.6. The molecule has 1 saturated heterocycles. The Labute approximate surface area is 222 Å². The smallest absolute Gasteiger partial charge is 0.508 e. The summed E-state index contributed by atoms with van der Waals surface area (Å²) in [5, 5.41) is 5.61. The summed E-state index contributed by atoms with van der Waals surface area (Å²) < 4.78 is 16.3. The Hall–Kier alpha value is -3.80. The van der Waals surface area contributed by atoms with Crippen molar-refractivity contribution in [2.45, 2.75) is 58.1 Å². The molecule has 2 N–H and O–H groups in total. The Morgan fingerprint density at radius 2 is 1.87 bits per heavy atom. The standard InChI is InChI=1S/C26H33BN4O7/c1-5-18-22(26(35)36-4)37-27(38-25(18)34)21(13-16(2)3)31-23(32)19(14-17-9-7-6-8-10-17)30-24(33)20-15-28-11-12-29-20/h6-12,15-16,18-19,21-22H,5,13-14H2,1-4H3,(H,30,33)(H,31,32)/t18-,19+,21+,22-/m1/s1. The lowest BCUT2D eigenvalue weighted by Crippen LogP contribution is -2.61. The van der Waals surface area contributed by atoms with E-state index in [0.29, 0.717) is 12.8 Å². The minimum atomic E-state index is -1.21. The Balaban J connectivity index is 1.83. The van der Waals surface area contributed by atoms with Gasteiger partial charge in [-0.25, -0.2) is 9.78 Å². The van der Waals surface area contributed by atoms with E-state index in [0.717, 1.165) is 5.56 Å². The third-order valence-electron chi connectivity index (χ3n) is 6.14. The first-order chi connectivity index (χ1) is 18.2. The van der Waals surface area contributed by atoms with E-state index in [1.165, 1.54) is 25.7 Å². The van der Waals surface area contributed by atoms with Gasteiger partial charge in [0.1, 0.15) is 11.7 Å². The molecule has 1 aromatic heterocycles. The summed E-state index contributed by atoms with van der Waals surface area (Å²) in [6.45, 7) is 5.62. The number of methoxy groups -OCH3 is 1. The van der Waals surface area contributed by atoms with Crippen LogP contribution >= 0.6 is 0 Å². The topological polar surface area (TPSA) is 146 Å². The van der Waals surface area contributed by atoms with E-state index < -0.39 is 54.9 Å². The number of carbonyl (C=O) groups is 4. The average Bonchev–Trinajstić information content (AvgIpc) is 2.92. The molecule has 0 unspecified atom stereocenters. The zero-order valence-corrected chi connectivity index (χ0v) is 22.0. The van der Waals surface area contributed by atoms with Crippen molar-refractivity contribution in [3.8, 4) is 0 Å². The summed E-state index contributed by atoms with van der Waals surface area (Å²) in [6, 6.07) is 8.23. The third kappa shape index (κ3) is 7.61. The first kappa shape index (κ1) is 28.8. The number of rotatable bonds is 11. The second-order valence-electron chi connectivity index (χ2n) is 9.45. The van der Waals surface area contributed by atoms with Gasteiger partial charge in [-0.1, -0.05) is 51.1 Å². The highest BCUT2D eigenvalue weighted by Gasteiger charge is 2.49. The highest BCUT2D eigenvalue weighted by atomic mass is 16.7. The van der Waals surface area contributed by atoms with Gasteiger partial charge in [-0.3, -0.25) is 19.4 Å². The summed E-state index contributed by atoms with van der Waals surface area (Å²) in [5.41, 5.74) is 0.887. The number of ether oxygens (including phenoxy) is 1. The fourth-order valence-electron chi connectivity index (χ4n) is 4.22. The van der Waals surface area contributed by atoms with Crippen LogP contribution in [0.15, 0.2) is 48.9 Å². The maximum Gasteiger partial charge on any atom is 0.551 e. The number of hydrogen-bond acceptors (Lipinski definition) is 9. The van der Waals surface area contributed by atoms with E-state index in [-0.39, 0.29) is 18.0 Å². The van der Waals surface area contributed by atoms with Gasteiger partial charge in [0, 0.05) is 18.8 Å². The van der Waals surface area contributed by atoms with E-state index >= 15 is 0 Å². The zero-order valence-electron chi connectivity index (χ0n) is 22.0. The van der Waals surface area contributed by atoms with E-state index in [9.17, 15) is 19.2 Å². The molecule has 12 heteroatoms. The molecule has 0 aliphatic carbocycles. The van der Waals surface area contributed by atoms with Crippen molar-refractivity contribution >= 4 is 30.9 Å². The van der Waals surface area contributed by atoms with Gasteiger partial charge in [0.15, 0.2) is 6.10 Å². The molecule has 1 aromatic carbocycles. The van der Waals surface area contributed by atoms with Gasteiger partial charge in [-0.2, -0.15) is 0 Å². The van der Waals surface area contributed by atoms with E-state index in [2.05, 4.69) is 20.6 Å². The zero-order chi connectivity index (χ0) is 27.7. The maximum absolute atomic E-state index is 13.6. The molecule has 4 atom stereocenters. The van der Waals surface area contributed by atoms with Gasteiger partial charge in [0.25, 0.3) is 11.9 Å². The SMILES string of the molecule is CC[C@H]1C(=O)OB([C@H](CC(C)C)NC(=O)[C@H](Cc2ccccc2)NC(=O)c2cnccn2)O[C@H]1C(=O)OC. The van der Waals surface area contributed by atoms with Crippen molar-refractivity contribution < 1.29 is 33.2 Å². The van der Waals surface area contributed by atoms with Crippen LogP contribution in [0.3, 0.4) is 0 Å². The number of amides is 2. The maximum atomic E-state index is 13.6. The monoisotopic (exact) mass is 524 g/mol. The fraction of sp³-hybridized carbons (Fsp3) is 0.462. The number of carbonyl (C=O) groups excluding carboxylic acids is 4. The predicted octanol–water partition coefficient (Wildman–Crippen LogP) is 1.52. The molecule has 38 heavy (non-hydrogen) atoms. The molecule has 3 rings (SSSR count). The lowest BCUT2D eigenvalue weighted by atomic mass is 9.71. The van der Waals surface area contributed by atoms with Gasteiger partial charge in [0.2, 0.25) is 5.91 Å². The first-order valence-corrected chi connectivity index (χ1v) is 12.6. The molecule has 1 fully saturated rings. The van der Waals surface area contributed by atoms with Gasteiger partial charge in [-0.15, -0.1) is 0 Å². The summed E-state index contributed by atoms with van der Waals surface area (Å²) in [5.74, 6) is -3.89. The number of benzene rings is 1. The van der Waals surface area contributed by atoms with Crippen LogP contribution in [-0.2, 0) is 34.9 Å². The molecule has 1 aliphatic heterocycles. The lowest BCUT2D eigenvalue weighted by molar-refractivity contribution is -0.167. The fourth-order valence-corrected chi connectivity index (χ4v) is 4.22. The van der Waals surface area contributed by atoms with Gasteiger partial charge in [0.05, 0.1) is 25.2 Å². The Kier molecular flexibility index (Phi) is 10.3. The number of nitrogens with one attached hydrogen (secondary N) is 2. The Morgan fingerprint density at radius 1 is 1.13 bits per heavy atom. The molecular formula is C26H33BN4O7. The number of nitrogens with zero attached hydrogens (tertiary/aromatic N) is 2. The van der Waals surface area contributed by atoms with Crippen molar-refractivity contribution in [1.82, 2.24) is 20.6 Å². The molecule has 202 valence electrons. The number of aromatic nitrogens is 2. The molecule has 11 nitrogen and oxygen atoms in total. The quantitative estimate of drug-likeness (QED) is 0.330. The highest BCUT2D eigenvalue weighted by Crippen LogP contribution is 2.25. The Morgan fingerprint density at radius 3 is 2.47 bits per heavy atom.